The van der Waals surface area contributed by atoms with Crippen LogP contribution in [0.5, 0.6) is 5.75 Å². The highest BCUT2D eigenvalue weighted by Crippen LogP contribution is 2.28. The Balaban J connectivity index is 1.33. The summed E-state index contributed by atoms with van der Waals surface area (Å²) in [6, 6.07) is 18.1. The summed E-state index contributed by atoms with van der Waals surface area (Å²) in [7, 11) is 0. The van der Waals surface area contributed by atoms with Crippen molar-refractivity contribution in [1.82, 2.24) is 10.2 Å². The molecule has 5 nitrogen and oxygen atoms in total. The van der Waals surface area contributed by atoms with Gasteiger partial charge in [0.1, 0.15) is 18.0 Å². The number of nitrogens with zero attached hydrogens (tertiary/aromatic N) is 1. The molecular formula is C21H24N2O3. The van der Waals surface area contributed by atoms with E-state index in [2.05, 4.69) is 11.4 Å². The van der Waals surface area contributed by atoms with Crippen LogP contribution in [0.3, 0.4) is 0 Å². The average molecular weight is 352 g/mol. The van der Waals surface area contributed by atoms with E-state index in [1.165, 1.54) is 5.56 Å². The van der Waals surface area contributed by atoms with Crippen molar-refractivity contribution in [2.45, 2.75) is 31.7 Å². The van der Waals surface area contributed by atoms with Crippen molar-refractivity contribution in [3.8, 4) is 5.75 Å². The van der Waals surface area contributed by atoms with Gasteiger partial charge in [0.05, 0.1) is 19.2 Å². The number of carbonyl (C=O) groups is 1. The van der Waals surface area contributed by atoms with Gasteiger partial charge in [-0.1, -0.05) is 48.5 Å². The molecule has 2 aromatic carbocycles. The number of morpholine rings is 1. The maximum Gasteiger partial charge on any atom is 0.317 e. The molecule has 5 heteroatoms. The molecule has 0 radical (unpaired) electrons. The number of rotatable bonds is 3. The van der Waals surface area contributed by atoms with Crippen molar-refractivity contribution >= 4 is 6.03 Å². The highest BCUT2D eigenvalue weighted by molar-refractivity contribution is 5.74. The molecule has 2 aliphatic heterocycles. The van der Waals surface area contributed by atoms with Crippen molar-refractivity contribution in [3.05, 3.63) is 65.7 Å². The molecule has 0 aliphatic carbocycles. The van der Waals surface area contributed by atoms with Crippen LogP contribution < -0.4 is 10.1 Å². The number of amides is 2. The molecule has 0 saturated carbocycles. The Bertz CT molecular complexity index is 740. The monoisotopic (exact) mass is 352 g/mol. The fourth-order valence-electron chi connectivity index (χ4n) is 3.65. The molecule has 2 aromatic rings. The molecule has 2 heterocycles. The van der Waals surface area contributed by atoms with Gasteiger partial charge < -0.3 is 19.7 Å². The van der Waals surface area contributed by atoms with Gasteiger partial charge in [0, 0.05) is 13.0 Å². The number of nitrogens with one attached hydrogen (secondary N) is 1. The van der Waals surface area contributed by atoms with Crippen LogP contribution in [0.15, 0.2) is 54.6 Å². The van der Waals surface area contributed by atoms with Crippen LogP contribution in [-0.4, -0.2) is 42.8 Å². The number of hydrogen-bond donors (Lipinski definition) is 1. The molecule has 1 fully saturated rings. The lowest BCUT2D eigenvalue weighted by Crippen LogP contribution is -2.51. The van der Waals surface area contributed by atoms with Crippen molar-refractivity contribution in [3.63, 3.8) is 0 Å². The van der Waals surface area contributed by atoms with Crippen LogP contribution in [0.1, 0.15) is 24.2 Å². The summed E-state index contributed by atoms with van der Waals surface area (Å²) < 4.78 is 11.9. The Morgan fingerprint density at radius 3 is 2.69 bits per heavy atom. The molecule has 0 spiro atoms. The predicted molar refractivity (Wildman–Crippen MR) is 99.3 cm³/mol. The van der Waals surface area contributed by atoms with E-state index in [0.29, 0.717) is 19.6 Å². The van der Waals surface area contributed by atoms with E-state index in [1.54, 1.807) is 0 Å². The zero-order chi connectivity index (χ0) is 17.9. The second-order valence-corrected chi connectivity index (χ2v) is 6.99. The third kappa shape index (κ3) is 3.68. The number of ether oxygens (including phenoxy) is 2. The summed E-state index contributed by atoms with van der Waals surface area (Å²) in [6.45, 7) is 3.67. The minimum absolute atomic E-state index is 0.000246. The fourth-order valence-corrected chi connectivity index (χ4v) is 3.65. The third-order valence-electron chi connectivity index (χ3n) is 4.91. The number of para-hydroxylation sites is 1. The Morgan fingerprint density at radius 2 is 1.88 bits per heavy atom. The Morgan fingerprint density at radius 1 is 1.12 bits per heavy atom. The molecule has 1 N–H and O–H groups in total. The van der Waals surface area contributed by atoms with Crippen LogP contribution in [0.2, 0.25) is 0 Å². The van der Waals surface area contributed by atoms with Gasteiger partial charge in [0.2, 0.25) is 0 Å². The molecule has 2 amide bonds. The number of urea groups is 1. The van der Waals surface area contributed by atoms with E-state index in [-0.39, 0.29) is 24.3 Å². The van der Waals surface area contributed by atoms with E-state index in [0.717, 1.165) is 17.7 Å². The summed E-state index contributed by atoms with van der Waals surface area (Å²) in [5, 5.41) is 3.03. The van der Waals surface area contributed by atoms with Crippen molar-refractivity contribution in [1.29, 1.82) is 0 Å². The first-order chi connectivity index (χ1) is 12.7. The molecule has 0 unspecified atom stereocenters. The van der Waals surface area contributed by atoms with Crippen molar-refractivity contribution in [2.75, 3.05) is 19.6 Å². The second kappa shape index (κ2) is 7.38. The lowest BCUT2D eigenvalue weighted by atomic mass is 10.1. The zero-order valence-electron chi connectivity index (χ0n) is 14.9. The molecule has 1 saturated heterocycles. The van der Waals surface area contributed by atoms with E-state index < -0.39 is 0 Å². The number of benzene rings is 2. The van der Waals surface area contributed by atoms with Gasteiger partial charge in [-0.05, 0) is 24.1 Å². The lowest BCUT2D eigenvalue weighted by Gasteiger charge is -2.37. The van der Waals surface area contributed by atoms with Crippen LogP contribution in [-0.2, 0) is 11.2 Å². The minimum Gasteiger partial charge on any atom is -0.488 e. The van der Waals surface area contributed by atoms with Crippen molar-refractivity contribution in [2.24, 2.45) is 0 Å². The van der Waals surface area contributed by atoms with E-state index in [4.69, 9.17) is 9.47 Å². The molecule has 0 bridgehead atoms. The normalized spacial score (nSPS) is 24.7. The average Bonchev–Trinajstić information content (AvgIpc) is 3.09. The molecule has 4 rings (SSSR count). The first-order valence-electron chi connectivity index (χ1n) is 9.17. The summed E-state index contributed by atoms with van der Waals surface area (Å²) in [5.74, 6) is 0.927. The maximum absolute atomic E-state index is 12.7. The van der Waals surface area contributed by atoms with Gasteiger partial charge >= 0.3 is 6.03 Å². The standard InChI is InChI=1S/C21H24N2O3/c1-15-13-23(14-20(25-15)16-7-3-2-4-8-16)21(24)22-12-18-11-17-9-5-6-10-19(17)26-18/h2-10,15,18,20H,11-14H2,1H3,(H,22,24)/t15-,18-,20+/m1/s1. The van der Waals surface area contributed by atoms with Gasteiger partial charge in [-0.15, -0.1) is 0 Å². The lowest BCUT2D eigenvalue weighted by molar-refractivity contribution is -0.0657. The quantitative estimate of drug-likeness (QED) is 0.923. The van der Waals surface area contributed by atoms with Gasteiger partial charge in [0.25, 0.3) is 0 Å². The van der Waals surface area contributed by atoms with Gasteiger partial charge in [-0.2, -0.15) is 0 Å². The van der Waals surface area contributed by atoms with Crippen LogP contribution in [0.25, 0.3) is 0 Å². The summed E-state index contributed by atoms with van der Waals surface area (Å²) in [4.78, 5) is 14.5. The molecule has 136 valence electrons. The number of fused-ring (bicyclic) bond motifs is 1. The minimum atomic E-state index is -0.0855. The summed E-state index contributed by atoms with van der Waals surface area (Å²) in [5.41, 5.74) is 2.31. The fraction of sp³-hybridized carbons (Fsp3) is 0.381. The first kappa shape index (κ1) is 16.9. The highest BCUT2D eigenvalue weighted by Gasteiger charge is 2.30. The first-order valence-corrected chi connectivity index (χ1v) is 9.17. The van der Waals surface area contributed by atoms with E-state index in [9.17, 15) is 4.79 Å². The number of hydrogen-bond acceptors (Lipinski definition) is 3. The van der Waals surface area contributed by atoms with Gasteiger partial charge in [0.15, 0.2) is 0 Å². The molecule has 2 aliphatic rings. The van der Waals surface area contributed by atoms with Crippen molar-refractivity contribution < 1.29 is 14.3 Å². The third-order valence-corrected chi connectivity index (χ3v) is 4.91. The van der Waals surface area contributed by atoms with Crippen LogP contribution in [0, 0.1) is 0 Å². The van der Waals surface area contributed by atoms with Gasteiger partial charge in [-0.3, -0.25) is 0 Å². The van der Waals surface area contributed by atoms with Crippen LogP contribution in [0.4, 0.5) is 4.79 Å². The number of carbonyl (C=O) groups excluding carboxylic acids is 1. The Kier molecular flexibility index (Phi) is 4.80. The van der Waals surface area contributed by atoms with E-state index in [1.807, 2.05) is 60.4 Å². The molecular weight excluding hydrogens is 328 g/mol. The summed E-state index contributed by atoms with van der Waals surface area (Å²) in [6.07, 6.45) is 0.756. The largest absolute Gasteiger partial charge is 0.488 e. The summed E-state index contributed by atoms with van der Waals surface area (Å²) >= 11 is 0. The maximum atomic E-state index is 12.7. The second-order valence-electron chi connectivity index (χ2n) is 6.99. The molecule has 3 atom stereocenters. The molecule has 0 aromatic heterocycles. The van der Waals surface area contributed by atoms with Crippen LogP contribution >= 0.6 is 0 Å². The SMILES string of the molecule is C[C@@H]1CN(C(=O)NC[C@H]2Cc3ccccc3O2)C[C@@H](c2ccccc2)O1. The smallest absolute Gasteiger partial charge is 0.317 e. The Hall–Kier alpha value is -2.53. The topological polar surface area (TPSA) is 50.8 Å². The Labute approximate surface area is 153 Å². The van der Waals surface area contributed by atoms with E-state index >= 15 is 0 Å². The van der Waals surface area contributed by atoms with Gasteiger partial charge in [-0.25, -0.2) is 4.79 Å². The zero-order valence-corrected chi connectivity index (χ0v) is 14.9. The predicted octanol–water partition coefficient (Wildman–Crippen LogP) is 3.16. The highest BCUT2D eigenvalue weighted by atomic mass is 16.5. The molecule has 26 heavy (non-hydrogen) atoms.